The number of nitrogens with zero attached hydrogens (tertiary/aromatic N) is 4. The Morgan fingerprint density at radius 2 is 1.67 bits per heavy atom. The lowest BCUT2D eigenvalue weighted by Crippen LogP contribution is -2.22. The fourth-order valence-electron chi connectivity index (χ4n) is 3.55. The van der Waals surface area contributed by atoms with Gasteiger partial charge >= 0.3 is 12.4 Å². The maximum Gasteiger partial charge on any atom is 0.433 e. The largest absolute Gasteiger partial charge is 0.433 e. The van der Waals surface area contributed by atoms with Gasteiger partial charge in [-0.1, -0.05) is 6.07 Å². The van der Waals surface area contributed by atoms with Crippen LogP contribution in [0.3, 0.4) is 0 Å². The summed E-state index contributed by atoms with van der Waals surface area (Å²) in [6, 6.07) is 6.84. The first-order chi connectivity index (χ1) is 17.0. The Morgan fingerprint density at radius 3 is 2.42 bits per heavy atom. The SMILES string of the molecule is CC1CNc2nc(nc(-c3cccc(C(F)(F)F)n3)n2)Nc2cc(cc(C(F)(F)F)c2)CCCCO1. The van der Waals surface area contributed by atoms with E-state index >= 15 is 0 Å². The number of fused-ring (bicyclic) bond motifs is 4. The van der Waals surface area contributed by atoms with Crippen molar-refractivity contribution in [2.75, 3.05) is 23.8 Å². The predicted molar refractivity (Wildman–Crippen MR) is 120 cm³/mol. The normalized spacial score (nSPS) is 17.4. The molecule has 4 rings (SSSR count). The zero-order valence-electron chi connectivity index (χ0n) is 19.0. The number of benzene rings is 1. The van der Waals surface area contributed by atoms with E-state index in [-0.39, 0.29) is 41.8 Å². The van der Waals surface area contributed by atoms with Crippen molar-refractivity contribution in [1.29, 1.82) is 0 Å². The number of aryl methyl sites for hydroxylation is 1. The molecule has 0 saturated heterocycles. The van der Waals surface area contributed by atoms with E-state index in [1.54, 1.807) is 6.07 Å². The summed E-state index contributed by atoms with van der Waals surface area (Å²) >= 11 is 0. The molecule has 1 aliphatic heterocycles. The molecule has 2 N–H and O–H groups in total. The average molecular weight is 512 g/mol. The van der Waals surface area contributed by atoms with Crippen molar-refractivity contribution in [1.82, 2.24) is 19.9 Å². The molecule has 1 aliphatic rings. The molecule has 1 aromatic carbocycles. The second kappa shape index (κ2) is 10.2. The van der Waals surface area contributed by atoms with Crippen LogP contribution in [0.1, 0.15) is 36.6 Å². The topological polar surface area (TPSA) is 84.9 Å². The second-order valence-electron chi connectivity index (χ2n) is 8.27. The van der Waals surface area contributed by atoms with Gasteiger partial charge in [-0.2, -0.15) is 41.3 Å². The van der Waals surface area contributed by atoms with E-state index in [9.17, 15) is 26.3 Å². The van der Waals surface area contributed by atoms with Crippen LogP contribution in [0.4, 0.5) is 43.9 Å². The van der Waals surface area contributed by atoms with Crippen molar-refractivity contribution in [3.8, 4) is 11.5 Å². The number of pyridine rings is 1. The third kappa shape index (κ3) is 6.59. The van der Waals surface area contributed by atoms with E-state index in [4.69, 9.17) is 4.74 Å². The number of halogens is 6. The van der Waals surface area contributed by atoms with E-state index in [1.807, 2.05) is 6.92 Å². The average Bonchev–Trinajstić information content (AvgIpc) is 2.81. The summed E-state index contributed by atoms with van der Waals surface area (Å²) in [5.41, 5.74) is -1.61. The molecular formula is C23H22F6N6O. The Labute approximate surface area is 202 Å². The second-order valence-corrected chi connectivity index (χ2v) is 8.27. The summed E-state index contributed by atoms with van der Waals surface area (Å²) in [4.78, 5) is 16.1. The van der Waals surface area contributed by atoms with Crippen LogP contribution in [0.2, 0.25) is 0 Å². The zero-order chi connectivity index (χ0) is 25.9. The maximum atomic E-state index is 13.5. The Kier molecular flexibility index (Phi) is 7.29. The molecule has 7 nitrogen and oxygen atoms in total. The molecular weight excluding hydrogens is 490 g/mol. The lowest BCUT2D eigenvalue weighted by atomic mass is 10.0. The number of anilines is 3. The van der Waals surface area contributed by atoms with Gasteiger partial charge in [0.1, 0.15) is 11.4 Å². The predicted octanol–water partition coefficient (Wildman–Crippen LogP) is 5.87. The summed E-state index contributed by atoms with van der Waals surface area (Å²) in [5.74, 6) is -0.346. The first-order valence-electron chi connectivity index (χ1n) is 11.1. The Balaban J connectivity index is 1.78. The number of alkyl halides is 6. The third-order valence-corrected chi connectivity index (χ3v) is 5.29. The maximum absolute atomic E-state index is 13.5. The molecule has 192 valence electrons. The summed E-state index contributed by atoms with van der Waals surface area (Å²) in [5, 5.41) is 5.69. The quantitative estimate of drug-likeness (QED) is 0.395. The minimum absolute atomic E-state index is 0.000710. The van der Waals surface area contributed by atoms with Crippen molar-refractivity contribution in [2.24, 2.45) is 0 Å². The van der Waals surface area contributed by atoms with Gasteiger partial charge in [-0.25, -0.2) is 4.98 Å². The number of aromatic nitrogens is 4. The lowest BCUT2D eigenvalue weighted by Gasteiger charge is -2.15. The van der Waals surface area contributed by atoms with Crippen molar-refractivity contribution in [2.45, 2.75) is 44.6 Å². The van der Waals surface area contributed by atoms with E-state index < -0.39 is 23.6 Å². The van der Waals surface area contributed by atoms with E-state index in [1.165, 1.54) is 12.1 Å². The molecule has 0 radical (unpaired) electrons. The Hall–Kier alpha value is -3.48. The number of hydrogen-bond donors (Lipinski definition) is 2. The van der Waals surface area contributed by atoms with Crippen LogP contribution < -0.4 is 10.6 Å². The number of ether oxygens (including phenoxy) is 1. The Morgan fingerprint density at radius 1 is 0.889 bits per heavy atom. The van der Waals surface area contributed by atoms with Crippen molar-refractivity contribution < 1.29 is 31.1 Å². The summed E-state index contributed by atoms with van der Waals surface area (Å²) in [6.07, 6.45) is -7.84. The molecule has 0 saturated carbocycles. The highest BCUT2D eigenvalue weighted by Crippen LogP contribution is 2.33. The highest BCUT2D eigenvalue weighted by molar-refractivity contribution is 5.60. The van der Waals surface area contributed by atoms with Crippen LogP contribution in [-0.2, 0) is 23.5 Å². The molecule has 13 heteroatoms. The number of rotatable bonds is 1. The molecule has 3 aromatic rings. The van der Waals surface area contributed by atoms with Gasteiger partial charge in [-0.05, 0) is 62.1 Å². The van der Waals surface area contributed by atoms with Crippen LogP contribution in [0.25, 0.3) is 11.5 Å². The van der Waals surface area contributed by atoms with E-state index in [2.05, 4.69) is 30.6 Å². The van der Waals surface area contributed by atoms with Crippen molar-refractivity contribution >= 4 is 17.6 Å². The first-order valence-corrected chi connectivity index (χ1v) is 11.1. The first kappa shape index (κ1) is 25.6. The highest BCUT2D eigenvalue weighted by atomic mass is 19.4. The fraction of sp³-hybridized carbons (Fsp3) is 0.391. The van der Waals surface area contributed by atoms with E-state index in [0.717, 1.165) is 18.2 Å². The van der Waals surface area contributed by atoms with Gasteiger partial charge in [0, 0.05) is 18.8 Å². The standard InChI is InChI=1S/C23H22F6N6O/c1-13-12-30-20-33-19(17-6-4-7-18(32-17)23(27,28)29)34-21(35-20)31-16-10-14(5-2-3-8-36-13)9-15(11-16)22(24,25)26/h4,6-7,9-11,13H,2-3,5,8,12H2,1H3,(H2,30,31,33,34,35). The minimum Gasteiger partial charge on any atom is -0.377 e. The molecule has 0 aliphatic carbocycles. The third-order valence-electron chi connectivity index (χ3n) is 5.29. The minimum atomic E-state index is -4.68. The zero-order valence-corrected chi connectivity index (χ0v) is 19.0. The molecule has 2 aromatic heterocycles. The van der Waals surface area contributed by atoms with Crippen LogP contribution in [0.5, 0.6) is 0 Å². The van der Waals surface area contributed by atoms with Gasteiger partial charge in [0.25, 0.3) is 0 Å². The lowest BCUT2D eigenvalue weighted by molar-refractivity contribution is -0.141. The van der Waals surface area contributed by atoms with Crippen LogP contribution in [-0.4, -0.2) is 39.2 Å². The van der Waals surface area contributed by atoms with Gasteiger partial charge in [-0.15, -0.1) is 0 Å². The number of nitrogens with one attached hydrogen (secondary N) is 2. The molecule has 1 atom stereocenters. The van der Waals surface area contributed by atoms with Crippen molar-refractivity contribution in [3.05, 3.63) is 53.2 Å². The highest BCUT2D eigenvalue weighted by Gasteiger charge is 2.33. The molecule has 0 spiro atoms. The van der Waals surface area contributed by atoms with Gasteiger partial charge in [0.2, 0.25) is 11.9 Å². The van der Waals surface area contributed by atoms with Crippen LogP contribution in [0.15, 0.2) is 36.4 Å². The number of hydrogen-bond acceptors (Lipinski definition) is 7. The Bertz CT molecular complexity index is 1220. The molecule has 36 heavy (non-hydrogen) atoms. The molecule has 4 bridgehead atoms. The fourth-order valence-corrected chi connectivity index (χ4v) is 3.55. The van der Waals surface area contributed by atoms with Crippen LogP contribution >= 0.6 is 0 Å². The van der Waals surface area contributed by atoms with Gasteiger partial charge in [0.15, 0.2) is 5.82 Å². The van der Waals surface area contributed by atoms with E-state index in [0.29, 0.717) is 31.4 Å². The molecule has 0 amide bonds. The molecule has 1 unspecified atom stereocenters. The smallest absolute Gasteiger partial charge is 0.377 e. The molecule has 3 heterocycles. The summed E-state index contributed by atoms with van der Waals surface area (Å²) in [7, 11) is 0. The van der Waals surface area contributed by atoms with Crippen molar-refractivity contribution in [3.63, 3.8) is 0 Å². The molecule has 0 fully saturated rings. The monoisotopic (exact) mass is 512 g/mol. The van der Waals surface area contributed by atoms with Gasteiger partial charge in [0.05, 0.1) is 11.7 Å². The van der Waals surface area contributed by atoms with Crippen LogP contribution in [0, 0.1) is 0 Å². The van der Waals surface area contributed by atoms with Gasteiger partial charge < -0.3 is 15.4 Å². The van der Waals surface area contributed by atoms with Gasteiger partial charge in [-0.3, -0.25) is 0 Å². The summed E-state index contributed by atoms with van der Waals surface area (Å²) < 4.78 is 85.8. The summed E-state index contributed by atoms with van der Waals surface area (Å²) in [6.45, 7) is 2.51.